The van der Waals surface area contributed by atoms with Crippen LogP contribution in [0.5, 0.6) is 5.75 Å². The highest BCUT2D eigenvalue weighted by atomic mass is 35.5. The SMILES string of the molecule is COc1ccccc1NC(=O)CN1CCC2NCCC2C1.Cl. The number of likely N-dealkylation sites (tertiary alicyclic amines) is 1. The lowest BCUT2D eigenvalue weighted by atomic mass is 9.93. The number of benzene rings is 1. The summed E-state index contributed by atoms with van der Waals surface area (Å²) in [6.07, 6.45) is 2.38. The second-order valence-corrected chi connectivity index (χ2v) is 5.88. The van der Waals surface area contributed by atoms with E-state index in [4.69, 9.17) is 4.74 Å². The minimum atomic E-state index is 0. The van der Waals surface area contributed by atoms with Crippen molar-refractivity contribution in [3.05, 3.63) is 24.3 Å². The lowest BCUT2D eigenvalue weighted by Gasteiger charge is -2.34. The van der Waals surface area contributed by atoms with Crippen LogP contribution in [-0.2, 0) is 4.79 Å². The molecule has 22 heavy (non-hydrogen) atoms. The molecule has 0 aromatic heterocycles. The predicted molar refractivity (Wildman–Crippen MR) is 89.8 cm³/mol. The molecule has 2 saturated heterocycles. The maximum atomic E-state index is 12.2. The Morgan fingerprint density at radius 1 is 1.41 bits per heavy atom. The van der Waals surface area contributed by atoms with Gasteiger partial charge in [-0.2, -0.15) is 0 Å². The van der Waals surface area contributed by atoms with E-state index in [0.717, 1.165) is 31.7 Å². The molecule has 2 fully saturated rings. The highest BCUT2D eigenvalue weighted by Crippen LogP contribution is 2.25. The first-order valence-corrected chi connectivity index (χ1v) is 7.65. The summed E-state index contributed by atoms with van der Waals surface area (Å²) < 4.78 is 5.26. The third kappa shape index (κ3) is 3.91. The van der Waals surface area contributed by atoms with Crippen LogP contribution >= 0.6 is 12.4 Å². The summed E-state index contributed by atoms with van der Waals surface area (Å²) in [6, 6.07) is 8.17. The zero-order valence-corrected chi connectivity index (χ0v) is 13.7. The number of hydrogen-bond acceptors (Lipinski definition) is 4. The lowest BCUT2D eigenvalue weighted by Crippen LogP contribution is -2.46. The number of ether oxygens (including phenoxy) is 1. The van der Waals surface area contributed by atoms with Crippen molar-refractivity contribution in [1.82, 2.24) is 10.2 Å². The van der Waals surface area contributed by atoms with Crippen LogP contribution < -0.4 is 15.4 Å². The Bertz CT molecular complexity index is 512. The average Bonchev–Trinajstić information content (AvgIpc) is 2.95. The molecule has 1 amide bonds. The summed E-state index contributed by atoms with van der Waals surface area (Å²) >= 11 is 0. The second kappa shape index (κ2) is 7.81. The number of carbonyl (C=O) groups is 1. The third-order valence-corrected chi connectivity index (χ3v) is 4.49. The molecule has 1 aromatic rings. The van der Waals surface area contributed by atoms with Crippen molar-refractivity contribution in [3.63, 3.8) is 0 Å². The molecular formula is C16H24ClN3O2. The summed E-state index contributed by atoms with van der Waals surface area (Å²) in [4.78, 5) is 14.5. The standard InChI is InChI=1S/C16H23N3O2.ClH/c1-21-15-5-3-2-4-14(15)18-16(20)11-19-9-7-13-12(10-19)6-8-17-13;/h2-5,12-13,17H,6-11H2,1H3,(H,18,20);1H. The van der Waals surface area contributed by atoms with Gasteiger partial charge in [0, 0.05) is 19.1 Å². The molecule has 1 aromatic carbocycles. The Kier molecular flexibility index (Phi) is 6.06. The molecule has 0 saturated carbocycles. The van der Waals surface area contributed by atoms with Gasteiger partial charge in [0.1, 0.15) is 5.75 Å². The van der Waals surface area contributed by atoms with Gasteiger partial charge in [0.15, 0.2) is 0 Å². The molecule has 2 aliphatic rings. The molecule has 2 atom stereocenters. The number of para-hydroxylation sites is 2. The number of rotatable bonds is 4. The maximum Gasteiger partial charge on any atom is 0.238 e. The fraction of sp³-hybridized carbons (Fsp3) is 0.562. The van der Waals surface area contributed by atoms with Crippen LogP contribution in [0, 0.1) is 5.92 Å². The minimum Gasteiger partial charge on any atom is -0.495 e. The fourth-order valence-corrected chi connectivity index (χ4v) is 3.41. The van der Waals surface area contributed by atoms with E-state index in [1.54, 1.807) is 7.11 Å². The van der Waals surface area contributed by atoms with E-state index in [1.807, 2.05) is 24.3 Å². The zero-order valence-electron chi connectivity index (χ0n) is 12.9. The highest BCUT2D eigenvalue weighted by Gasteiger charge is 2.32. The van der Waals surface area contributed by atoms with Crippen LogP contribution in [0.3, 0.4) is 0 Å². The summed E-state index contributed by atoms with van der Waals surface area (Å²) in [5, 5.41) is 6.49. The van der Waals surface area contributed by atoms with Crippen molar-refractivity contribution in [2.24, 2.45) is 5.92 Å². The van der Waals surface area contributed by atoms with E-state index >= 15 is 0 Å². The molecule has 2 unspecified atom stereocenters. The van der Waals surface area contributed by atoms with Crippen molar-refractivity contribution in [2.75, 3.05) is 38.6 Å². The fourth-order valence-electron chi connectivity index (χ4n) is 3.41. The molecule has 5 nitrogen and oxygen atoms in total. The monoisotopic (exact) mass is 325 g/mol. The van der Waals surface area contributed by atoms with Crippen molar-refractivity contribution in [3.8, 4) is 5.75 Å². The van der Waals surface area contributed by atoms with Gasteiger partial charge in [0.2, 0.25) is 5.91 Å². The largest absolute Gasteiger partial charge is 0.495 e. The molecule has 0 radical (unpaired) electrons. The van der Waals surface area contributed by atoms with Crippen molar-refractivity contribution in [2.45, 2.75) is 18.9 Å². The van der Waals surface area contributed by atoms with Gasteiger partial charge < -0.3 is 15.4 Å². The first-order valence-electron chi connectivity index (χ1n) is 7.65. The Balaban J connectivity index is 0.00000176. The molecule has 0 aliphatic carbocycles. The predicted octanol–water partition coefficient (Wildman–Crippen LogP) is 1.74. The van der Waals surface area contributed by atoms with Crippen LogP contribution in [0.15, 0.2) is 24.3 Å². The molecular weight excluding hydrogens is 302 g/mol. The van der Waals surface area contributed by atoms with Crippen molar-refractivity contribution >= 4 is 24.0 Å². The van der Waals surface area contributed by atoms with Crippen LogP contribution in [0.1, 0.15) is 12.8 Å². The van der Waals surface area contributed by atoms with Crippen molar-refractivity contribution in [1.29, 1.82) is 0 Å². The maximum absolute atomic E-state index is 12.2. The minimum absolute atomic E-state index is 0. The van der Waals surface area contributed by atoms with Crippen LogP contribution in [0.2, 0.25) is 0 Å². The number of methoxy groups -OCH3 is 1. The highest BCUT2D eigenvalue weighted by molar-refractivity contribution is 5.93. The molecule has 2 N–H and O–H groups in total. The summed E-state index contributed by atoms with van der Waals surface area (Å²) in [5.41, 5.74) is 0.738. The van der Waals surface area contributed by atoms with Gasteiger partial charge in [-0.25, -0.2) is 0 Å². The number of nitrogens with one attached hydrogen (secondary N) is 2. The smallest absolute Gasteiger partial charge is 0.238 e. The first-order chi connectivity index (χ1) is 10.3. The van der Waals surface area contributed by atoms with Gasteiger partial charge >= 0.3 is 0 Å². The number of nitrogens with zero attached hydrogens (tertiary/aromatic N) is 1. The lowest BCUT2D eigenvalue weighted by molar-refractivity contribution is -0.117. The number of piperidine rings is 1. The van der Waals surface area contributed by atoms with E-state index in [-0.39, 0.29) is 18.3 Å². The van der Waals surface area contributed by atoms with E-state index < -0.39 is 0 Å². The molecule has 0 bridgehead atoms. The van der Waals surface area contributed by atoms with E-state index in [2.05, 4.69) is 15.5 Å². The first kappa shape index (κ1) is 17.1. The average molecular weight is 326 g/mol. The van der Waals surface area contributed by atoms with Gasteiger partial charge in [0.25, 0.3) is 0 Å². The number of amides is 1. The van der Waals surface area contributed by atoms with Gasteiger partial charge in [-0.05, 0) is 37.4 Å². The van der Waals surface area contributed by atoms with Gasteiger partial charge in [-0.3, -0.25) is 9.69 Å². The van der Waals surface area contributed by atoms with Crippen LogP contribution in [0.25, 0.3) is 0 Å². The summed E-state index contributed by atoms with van der Waals surface area (Å²) in [5.74, 6) is 1.44. The Hall–Kier alpha value is -1.30. The Morgan fingerprint density at radius 3 is 3.05 bits per heavy atom. The molecule has 0 spiro atoms. The topological polar surface area (TPSA) is 53.6 Å². The van der Waals surface area contributed by atoms with Gasteiger partial charge in [-0.15, -0.1) is 12.4 Å². The second-order valence-electron chi connectivity index (χ2n) is 5.88. The number of carbonyl (C=O) groups excluding carboxylic acids is 1. The van der Waals surface area contributed by atoms with Gasteiger partial charge in [0.05, 0.1) is 19.3 Å². The van der Waals surface area contributed by atoms with E-state index in [0.29, 0.717) is 24.3 Å². The van der Waals surface area contributed by atoms with E-state index in [9.17, 15) is 4.79 Å². The van der Waals surface area contributed by atoms with Crippen molar-refractivity contribution < 1.29 is 9.53 Å². The Morgan fingerprint density at radius 2 is 2.23 bits per heavy atom. The molecule has 3 rings (SSSR count). The zero-order chi connectivity index (χ0) is 14.7. The number of anilines is 1. The molecule has 6 heteroatoms. The summed E-state index contributed by atoms with van der Waals surface area (Å²) in [6.45, 7) is 3.60. The number of fused-ring (bicyclic) bond motifs is 1. The number of halogens is 1. The molecule has 2 heterocycles. The molecule has 122 valence electrons. The normalized spacial score (nSPS) is 24.2. The van der Waals surface area contributed by atoms with Crippen LogP contribution in [-0.4, -0.2) is 50.1 Å². The summed E-state index contributed by atoms with van der Waals surface area (Å²) in [7, 11) is 1.61. The van der Waals surface area contributed by atoms with E-state index in [1.165, 1.54) is 6.42 Å². The van der Waals surface area contributed by atoms with Gasteiger partial charge in [-0.1, -0.05) is 12.1 Å². The third-order valence-electron chi connectivity index (χ3n) is 4.49. The molecule has 2 aliphatic heterocycles. The Labute approximate surface area is 137 Å². The van der Waals surface area contributed by atoms with Crippen LogP contribution in [0.4, 0.5) is 5.69 Å². The quantitative estimate of drug-likeness (QED) is 0.885. The number of hydrogen-bond donors (Lipinski definition) is 2.